The fourth-order valence-corrected chi connectivity index (χ4v) is 3.11. The van der Waals surface area contributed by atoms with Gasteiger partial charge in [0.2, 0.25) is 12.2 Å². The van der Waals surface area contributed by atoms with Crippen molar-refractivity contribution >= 4 is 41.1 Å². The third-order valence-corrected chi connectivity index (χ3v) is 5.18. The minimum atomic E-state index is -2.12. The van der Waals surface area contributed by atoms with Gasteiger partial charge in [0.25, 0.3) is 5.91 Å². The molecule has 0 radical (unpaired) electrons. The number of nitrogens with one attached hydrogen (secondary N) is 1. The van der Waals surface area contributed by atoms with Crippen LogP contribution in [0.3, 0.4) is 0 Å². The smallest absolute Gasteiger partial charge is 0.349 e. The number of esters is 2. The number of aliphatic carboxylic acids is 1. The van der Waals surface area contributed by atoms with E-state index in [2.05, 4.69) is 5.32 Å². The lowest BCUT2D eigenvalue weighted by atomic mass is 10.1. The van der Waals surface area contributed by atoms with Crippen molar-refractivity contribution in [3.05, 3.63) is 100 Å². The molecule has 2 atom stereocenters. The maximum atomic E-state index is 13.1. The Bertz CT molecular complexity index is 1220. The Balaban J connectivity index is 1.90. The lowest BCUT2D eigenvalue weighted by molar-refractivity contribution is -0.157. The first-order chi connectivity index (χ1) is 16.6. The molecule has 0 spiro atoms. The fraction of sp³-hybridized carbons (Fsp3) is 0.154. The van der Waals surface area contributed by atoms with Gasteiger partial charge in [0, 0.05) is 10.7 Å². The third-order valence-electron chi connectivity index (χ3n) is 4.93. The van der Waals surface area contributed by atoms with Gasteiger partial charge in [0.05, 0.1) is 11.1 Å². The summed E-state index contributed by atoms with van der Waals surface area (Å²) in [5.74, 6) is -4.62. The molecule has 0 saturated carbocycles. The van der Waals surface area contributed by atoms with E-state index in [0.29, 0.717) is 5.02 Å². The number of carbonyl (C=O) groups excluding carboxylic acids is 3. The standard InChI is InChI=1S/C26H22ClNO7/c1-15-3-7-17(8-4-15)25(32)34-21(23(29)28-20-13-11-19(27)12-14-20)22(24(30)31)35-26(33)18-9-5-16(2)6-10-18/h3-14,21-22H,1-2H3,(H,28,29)(H,30,31)/t21-,22-/m0/s1. The highest BCUT2D eigenvalue weighted by molar-refractivity contribution is 6.30. The van der Waals surface area contributed by atoms with Crippen molar-refractivity contribution in [1.82, 2.24) is 0 Å². The molecule has 0 heterocycles. The average Bonchev–Trinajstić information content (AvgIpc) is 2.83. The Morgan fingerprint density at radius 2 is 1.14 bits per heavy atom. The van der Waals surface area contributed by atoms with E-state index in [1.807, 2.05) is 13.8 Å². The number of rotatable bonds is 8. The second-order valence-electron chi connectivity index (χ2n) is 7.72. The van der Waals surface area contributed by atoms with Gasteiger partial charge in [-0.05, 0) is 62.4 Å². The summed E-state index contributed by atoms with van der Waals surface area (Å²) in [5.41, 5.74) is 2.19. The van der Waals surface area contributed by atoms with E-state index in [4.69, 9.17) is 21.1 Å². The van der Waals surface area contributed by atoms with Crippen LogP contribution >= 0.6 is 11.6 Å². The van der Waals surface area contributed by atoms with Crippen LogP contribution in [0.2, 0.25) is 5.02 Å². The zero-order valence-electron chi connectivity index (χ0n) is 18.9. The Morgan fingerprint density at radius 1 is 0.714 bits per heavy atom. The third kappa shape index (κ3) is 6.91. The molecule has 9 heteroatoms. The quantitative estimate of drug-likeness (QED) is 0.443. The van der Waals surface area contributed by atoms with Gasteiger partial charge in [-0.25, -0.2) is 14.4 Å². The van der Waals surface area contributed by atoms with E-state index in [0.717, 1.165) is 11.1 Å². The van der Waals surface area contributed by atoms with Crippen molar-refractivity contribution in [2.45, 2.75) is 26.1 Å². The SMILES string of the molecule is Cc1ccc(C(=O)O[C@H](C(=O)O)[C@H](OC(=O)c2ccc(C)cc2)C(=O)Nc2ccc(Cl)cc2)cc1. The summed E-state index contributed by atoms with van der Waals surface area (Å²) in [5, 5.41) is 12.7. The lowest BCUT2D eigenvalue weighted by Crippen LogP contribution is -2.48. The summed E-state index contributed by atoms with van der Waals surface area (Å²) in [6.45, 7) is 3.64. The molecule has 0 aromatic heterocycles. The minimum Gasteiger partial charge on any atom is -0.478 e. The molecule has 0 aliphatic carbocycles. The van der Waals surface area contributed by atoms with E-state index in [1.165, 1.54) is 48.5 Å². The Morgan fingerprint density at radius 3 is 1.57 bits per heavy atom. The van der Waals surface area contributed by atoms with Gasteiger partial charge in [-0.3, -0.25) is 4.79 Å². The van der Waals surface area contributed by atoms with Crippen LogP contribution in [-0.4, -0.2) is 41.1 Å². The summed E-state index contributed by atoms with van der Waals surface area (Å²) in [7, 11) is 0. The van der Waals surface area contributed by atoms with Crippen molar-refractivity contribution < 1.29 is 33.8 Å². The Kier molecular flexibility index (Phi) is 8.22. The van der Waals surface area contributed by atoms with Gasteiger partial charge >= 0.3 is 17.9 Å². The number of hydrogen-bond acceptors (Lipinski definition) is 6. The maximum Gasteiger partial charge on any atom is 0.349 e. The second kappa shape index (κ2) is 11.3. The van der Waals surface area contributed by atoms with Crippen molar-refractivity contribution in [2.75, 3.05) is 5.32 Å². The number of halogens is 1. The molecule has 2 N–H and O–H groups in total. The number of carboxylic acid groups (broad SMARTS) is 1. The van der Waals surface area contributed by atoms with Gasteiger partial charge in [-0.15, -0.1) is 0 Å². The first-order valence-corrected chi connectivity index (χ1v) is 10.9. The summed E-state index contributed by atoms with van der Waals surface area (Å²) in [4.78, 5) is 50.5. The summed E-state index contributed by atoms with van der Waals surface area (Å²) in [6.07, 6.45) is -4.11. The van der Waals surface area contributed by atoms with Crippen LogP contribution in [0.15, 0.2) is 72.8 Å². The highest BCUT2D eigenvalue weighted by atomic mass is 35.5. The number of anilines is 1. The molecule has 1 amide bonds. The maximum absolute atomic E-state index is 13.1. The lowest BCUT2D eigenvalue weighted by Gasteiger charge is -2.23. The van der Waals surface area contributed by atoms with Gasteiger partial charge in [0.15, 0.2) is 0 Å². The van der Waals surface area contributed by atoms with Crippen molar-refractivity contribution in [2.24, 2.45) is 0 Å². The van der Waals surface area contributed by atoms with E-state index in [1.54, 1.807) is 24.3 Å². The number of benzene rings is 3. The predicted molar refractivity (Wildman–Crippen MR) is 128 cm³/mol. The molecule has 8 nitrogen and oxygen atoms in total. The first kappa shape index (κ1) is 25.5. The summed E-state index contributed by atoms with van der Waals surface area (Å²) in [6, 6.07) is 18.4. The van der Waals surface area contributed by atoms with Crippen molar-refractivity contribution in [1.29, 1.82) is 0 Å². The van der Waals surface area contributed by atoms with Crippen molar-refractivity contribution in [3.63, 3.8) is 0 Å². The number of carbonyl (C=O) groups is 4. The Hall–Kier alpha value is -4.17. The number of carboxylic acids is 1. The van der Waals surface area contributed by atoms with Gasteiger partial charge in [0.1, 0.15) is 0 Å². The molecular formula is C26H22ClNO7. The van der Waals surface area contributed by atoms with Crippen LogP contribution < -0.4 is 5.32 Å². The van der Waals surface area contributed by atoms with E-state index in [-0.39, 0.29) is 16.8 Å². The van der Waals surface area contributed by atoms with E-state index < -0.39 is 36.0 Å². The van der Waals surface area contributed by atoms with Crippen molar-refractivity contribution in [3.8, 4) is 0 Å². The first-order valence-electron chi connectivity index (χ1n) is 10.5. The van der Waals surface area contributed by atoms with Gasteiger partial charge in [-0.1, -0.05) is 47.0 Å². The van der Waals surface area contributed by atoms with Crippen LogP contribution in [0.5, 0.6) is 0 Å². The van der Waals surface area contributed by atoms with Crippen LogP contribution in [-0.2, 0) is 19.1 Å². The molecule has 3 aromatic carbocycles. The van der Waals surface area contributed by atoms with Crippen LogP contribution in [0.25, 0.3) is 0 Å². The second-order valence-corrected chi connectivity index (χ2v) is 8.15. The van der Waals surface area contributed by atoms with Crippen LogP contribution in [0.4, 0.5) is 5.69 Å². The minimum absolute atomic E-state index is 0.0728. The number of hydrogen-bond donors (Lipinski definition) is 2. The van der Waals surface area contributed by atoms with Gasteiger partial charge in [-0.2, -0.15) is 0 Å². The molecule has 3 rings (SSSR count). The molecule has 0 aliphatic heterocycles. The highest BCUT2D eigenvalue weighted by Gasteiger charge is 2.41. The molecule has 180 valence electrons. The molecule has 0 fully saturated rings. The number of ether oxygens (including phenoxy) is 2. The zero-order valence-corrected chi connectivity index (χ0v) is 19.6. The molecule has 0 saturated heterocycles. The monoisotopic (exact) mass is 495 g/mol. The molecule has 35 heavy (non-hydrogen) atoms. The normalized spacial score (nSPS) is 12.2. The fourth-order valence-electron chi connectivity index (χ4n) is 2.99. The topological polar surface area (TPSA) is 119 Å². The molecule has 0 bridgehead atoms. The summed E-state index contributed by atoms with van der Waals surface area (Å²) >= 11 is 5.86. The predicted octanol–water partition coefficient (Wildman–Crippen LogP) is 4.43. The summed E-state index contributed by atoms with van der Waals surface area (Å²) < 4.78 is 10.4. The highest BCUT2D eigenvalue weighted by Crippen LogP contribution is 2.18. The number of amides is 1. The molecule has 3 aromatic rings. The van der Waals surface area contributed by atoms with E-state index >= 15 is 0 Å². The molecular weight excluding hydrogens is 474 g/mol. The van der Waals surface area contributed by atoms with Crippen LogP contribution in [0, 0.1) is 13.8 Å². The van der Waals surface area contributed by atoms with Crippen LogP contribution in [0.1, 0.15) is 31.8 Å². The average molecular weight is 496 g/mol. The van der Waals surface area contributed by atoms with E-state index in [9.17, 15) is 24.3 Å². The molecule has 0 aliphatic rings. The number of aryl methyl sites for hydroxylation is 2. The molecule has 0 unspecified atom stereocenters. The largest absolute Gasteiger partial charge is 0.478 e. The Labute approximate surface area is 206 Å². The zero-order chi connectivity index (χ0) is 25.5. The van der Waals surface area contributed by atoms with Gasteiger partial charge < -0.3 is 19.9 Å².